The second kappa shape index (κ2) is 8.71. The van der Waals surface area contributed by atoms with E-state index in [0.717, 1.165) is 30.1 Å². The smallest absolute Gasteiger partial charge is 0.257 e. The van der Waals surface area contributed by atoms with E-state index in [9.17, 15) is 4.79 Å². The van der Waals surface area contributed by atoms with Crippen molar-refractivity contribution in [2.45, 2.75) is 44.1 Å². The summed E-state index contributed by atoms with van der Waals surface area (Å²) < 4.78 is 5.98. The number of ether oxygens (including phenoxy) is 1. The highest BCUT2D eigenvalue weighted by molar-refractivity contribution is 6.31. The largest absolute Gasteiger partial charge is 0.488 e. The van der Waals surface area contributed by atoms with Crippen LogP contribution in [0.2, 0.25) is 5.02 Å². The number of hydrogen-bond donors (Lipinski definition) is 1. The maximum absolute atomic E-state index is 13.2. The summed E-state index contributed by atoms with van der Waals surface area (Å²) >= 11 is 6.23. The lowest BCUT2D eigenvalue weighted by atomic mass is 9.95. The van der Waals surface area contributed by atoms with E-state index in [-0.39, 0.29) is 5.91 Å². The fourth-order valence-corrected chi connectivity index (χ4v) is 4.25. The number of aromatic nitrogens is 3. The van der Waals surface area contributed by atoms with Crippen LogP contribution in [0.15, 0.2) is 48.5 Å². The van der Waals surface area contributed by atoms with Gasteiger partial charge < -0.3 is 9.64 Å². The van der Waals surface area contributed by atoms with Crippen LogP contribution in [0.3, 0.4) is 0 Å². The topological polar surface area (TPSA) is 71.1 Å². The minimum absolute atomic E-state index is 0.00412. The van der Waals surface area contributed by atoms with Gasteiger partial charge in [0.15, 0.2) is 5.82 Å². The summed E-state index contributed by atoms with van der Waals surface area (Å²) in [6.07, 6.45) is 4.16. The summed E-state index contributed by atoms with van der Waals surface area (Å²) in [4.78, 5) is 19.8. The van der Waals surface area contributed by atoms with Gasteiger partial charge in [-0.15, -0.1) is 0 Å². The van der Waals surface area contributed by atoms with Crippen LogP contribution in [0.25, 0.3) is 0 Å². The molecule has 3 aromatic rings. The molecule has 5 rings (SSSR count). The van der Waals surface area contributed by atoms with Gasteiger partial charge in [-0.3, -0.25) is 9.89 Å². The van der Waals surface area contributed by atoms with Crippen LogP contribution in [0.1, 0.15) is 65.1 Å². The second-order valence-electron chi connectivity index (χ2n) is 8.30. The summed E-state index contributed by atoms with van der Waals surface area (Å²) in [6, 6.07) is 15.0. The number of benzene rings is 2. The Labute approximate surface area is 186 Å². The third-order valence-electron chi connectivity index (χ3n) is 6.09. The molecular formula is C24H25ClN4O2. The number of likely N-dealkylation sites (tertiary alicyclic amines) is 1. The van der Waals surface area contributed by atoms with E-state index in [1.54, 1.807) is 0 Å². The van der Waals surface area contributed by atoms with Gasteiger partial charge in [-0.2, -0.15) is 5.10 Å². The summed E-state index contributed by atoms with van der Waals surface area (Å²) in [5, 5.41) is 8.16. The van der Waals surface area contributed by atoms with Crippen molar-refractivity contribution in [3.63, 3.8) is 0 Å². The third-order valence-corrected chi connectivity index (χ3v) is 6.46. The van der Waals surface area contributed by atoms with Crippen molar-refractivity contribution in [2.24, 2.45) is 0 Å². The van der Waals surface area contributed by atoms with Crippen molar-refractivity contribution in [1.29, 1.82) is 0 Å². The van der Waals surface area contributed by atoms with Crippen LogP contribution < -0.4 is 4.74 Å². The van der Waals surface area contributed by atoms with Crippen molar-refractivity contribution < 1.29 is 9.53 Å². The predicted octanol–water partition coefficient (Wildman–Crippen LogP) is 4.93. The maximum Gasteiger partial charge on any atom is 0.257 e. The molecule has 0 atom stereocenters. The summed E-state index contributed by atoms with van der Waals surface area (Å²) in [5.41, 5.74) is 1.48. The van der Waals surface area contributed by atoms with Crippen molar-refractivity contribution in [3.8, 4) is 5.75 Å². The SMILES string of the molecule is O=C(c1ccccc1OCc1ccccc1Cl)N1CCC(c2nc(C3CC3)n[nH]2)CC1. The number of aromatic amines is 1. The second-order valence-corrected chi connectivity index (χ2v) is 8.70. The van der Waals surface area contributed by atoms with Gasteiger partial charge in [0.25, 0.3) is 5.91 Å². The highest BCUT2D eigenvalue weighted by atomic mass is 35.5. The molecule has 2 aliphatic rings. The van der Waals surface area contributed by atoms with Gasteiger partial charge in [0.05, 0.1) is 5.56 Å². The number of halogens is 1. The number of para-hydroxylation sites is 1. The van der Waals surface area contributed by atoms with Crippen molar-refractivity contribution in [3.05, 3.63) is 76.3 Å². The Morgan fingerprint density at radius 3 is 2.55 bits per heavy atom. The Balaban J connectivity index is 1.23. The standard InChI is InChI=1S/C24H25ClN4O2/c25-20-7-3-1-5-18(20)15-31-21-8-4-2-6-19(21)24(30)29-13-11-17(12-14-29)23-26-22(27-28-23)16-9-10-16/h1-8,16-17H,9-15H2,(H,26,27,28). The highest BCUT2D eigenvalue weighted by Gasteiger charge is 2.31. The number of rotatable bonds is 6. The van der Waals surface area contributed by atoms with Crippen LogP contribution in [-0.4, -0.2) is 39.1 Å². The molecule has 2 fully saturated rings. The van der Waals surface area contributed by atoms with Crippen LogP contribution >= 0.6 is 11.6 Å². The monoisotopic (exact) mass is 436 g/mol. The van der Waals surface area contributed by atoms with Gasteiger partial charge >= 0.3 is 0 Å². The van der Waals surface area contributed by atoms with Gasteiger partial charge in [-0.05, 0) is 43.9 Å². The number of nitrogens with zero attached hydrogens (tertiary/aromatic N) is 3. The number of hydrogen-bond acceptors (Lipinski definition) is 4. The highest BCUT2D eigenvalue weighted by Crippen LogP contribution is 2.38. The molecule has 2 aromatic carbocycles. The Bertz CT molecular complexity index is 1070. The minimum Gasteiger partial charge on any atom is -0.488 e. The number of amides is 1. The first kappa shape index (κ1) is 20.1. The lowest BCUT2D eigenvalue weighted by Crippen LogP contribution is -2.38. The van der Waals surface area contributed by atoms with Gasteiger partial charge in [0.2, 0.25) is 0 Å². The minimum atomic E-state index is 0.00412. The van der Waals surface area contributed by atoms with Crippen LogP contribution in [0.5, 0.6) is 5.75 Å². The fraction of sp³-hybridized carbons (Fsp3) is 0.375. The van der Waals surface area contributed by atoms with E-state index in [2.05, 4.69) is 10.2 Å². The first-order valence-electron chi connectivity index (χ1n) is 10.9. The average Bonchev–Trinajstić information content (AvgIpc) is 3.55. The molecule has 6 nitrogen and oxygen atoms in total. The molecule has 0 bridgehead atoms. The third kappa shape index (κ3) is 4.44. The van der Waals surface area contributed by atoms with Gasteiger partial charge in [0.1, 0.15) is 18.2 Å². The average molecular weight is 437 g/mol. The number of piperidine rings is 1. The Hall–Kier alpha value is -2.86. The van der Waals surface area contributed by atoms with Crippen molar-refractivity contribution >= 4 is 17.5 Å². The molecule has 1 N–H and O–H groups in total. The lowest BCUT2D eigenvalue weighted by Gasteiger charge is -2.31. The van der Waals surface area contributed by atoms with E-state index in [1.807, 2.05) is 53.4 Å². The van der Waals surface area contributed by atoms with Crippen LogP contribution in [-0.2, 0) is 6.61 Å². The molecule has 160 valence electrons. The van der Waals surface area contributed by atoms with E-state index in [4.69, 9.17) is 21.3 Å². The Morgan fingerprint density at radius 1 is 1.03 bits per heavy atom. The van der Waals surface area contributed by atoms with E-state index in [0.29, 0.717) is 47.9 Å². The predicted molar refractivity (Wildman–Crippen MR) is 118 cm³/mol. The van der Waals surface area contributed by atoms with Gasteiger partial charge in [0, 0.05) is 35.5 Å². The van der Waals surface area contributed by atoms with Crippen molar-refractivity contribution in [1.82, 2.24) is 20.1 Å². The zero-order chi connectivity index (χ0) is 21.2. The summed E-state index contributed by atoms with van der Waals surface area (Å²) in [7, 11) is 0. The number of nitrogens with one attached hydrogen (secondary N) is 1. The Kier molecular flexibility index (Phi) is 5.64. The van der Waals surface area contributed by atoms with E-state index < -0.39 is 0 Å². The van der Waals surface area contributed by atoms with Gasteiger partial charge in [-0.1, -0.05) is 41.9 Å². The molecule has 0 radical (unpaired) electrons. The molecule has 1 saturated carbocycles. The molecule has 0 spiro atoms. The normalized spacial score (nSPS) is 17.0. The number of carbonyl (C=O) groups is 1. The molecule has 2 heterocycles. The lowest BCUT2D eigenvalue weighted by molar-refractivity contribution is 0.0706. The molecule has 1 aliphatic carbocycles. The molecular weight excluding hydrogens is 412 g/mol. The number of H-pyrrole nitrogens is 1. The van der Waals surface area contributed by atoms with Crippen LogP contribution in [0, 0.1) is 0 Å². The van der Waals surface area contributed by atoms with Gasteiger partial charge in [-0.25, -0.2) is 4.98 Å². The van der Waals surface area contributed by atoms with E-state index >= 15 is 0 Å². The quantitative estimate of drug-likeness (QED) is 0.594. The first-order valence-corrected chi connectivity index (χ1v) is 11.2. The van der Waals surface area contributed by atoms with Crippen LogP contribution in [0.4, 0.5) is 0 Å². The molecule has 1 amide bonds. The zero-order valence-electron chi connectivity index (χ0n) is 17.3. The van der Waals surface area contributed by atoms with E-state index in [1.165, 1.54) is 12.8 Å². The van der Waals surface area contributed by atoms with Crippen molar-refractivity contribution in [2.75, 3.05) is 13.1 Å². The fourth-order valence-electron chi connectivity index (χ4n) is 4.06. The maximum atomic E-state index is 13.2. The molecule has 7 heteroatoms. The molecule has 1 aromatic heterocycles. The molecule has 1 saturated heterocycles. The zero-order valence-corrected chi connectivity index (χ0v) is 18.0. The Morgan fingerprint density at radius 2 is 1.77 bits per heavy atom. The molecule has 0 unspecified atom stereocenters. The summed E-state index contributed by atoms with van der Waals surface area (Å²) in [6.45, 7) is 1.71. The molecule has 1 aliphatic heterocycles. The molecule has 31 heavy (non-hydrogen) atoms. The number of carbonyl (C=O) groups excluding carboxylic acids is 1. The summed E-state index contributed by atoms with van der Waals surface area (Å²) in [5.74, 6) is 3.39. The first-order chi connectivity index (χ1) is 15.2.